The molecule has 0 aliphatic rings. The maximum absolute atomic E-state index is 11.4. The largest absolute Gasteiger partial charge is 0.315 e. The smallest absolute Gasteiger partial charge is 0.250 e. The van der Waals surface area contributed by atoms with E-state index in [2.05, 4.69) is 16.8 Å². The standard InChI is InChI=1S/C14H12N2O/c17-14-9-3-6-12-16(14)11-5-2-8-13-7-1-4-10-15-13/h1,3-4,6-7,9-10,12H,5,11H2. The van der Waals surface area contributed by atoms with E-state index in [0.717, 1.165) is 5.69 Å². The number of nitrogens with zero attached hydrogens (tertiary/aromatic N) is 2. The van der Waals surface area contributed by atoms with Crippen molar-refractivity contribution in [1.82, 2.24) is 9.55 Å². The second kappa shape index (κ2) is 5.66. The van der Waals surface area contributed by atoms with Crippen molar-refractivity contribution in [3.63, 3.8) is 0 Å². The number of aryl methyl sites for hydroxylation is 1. The summed E-state index contributed by atoms with van der Waals surface area (Å²) >= 11 is 0. The van der Waals surface area contributed by atoms with Gasteiger partial charge in [0.1, 0.15) is 5.69 Å². The van der Waals surface area contributed by atoms with Crippen LogP contribution >= 0.6 is 0 Å². The van der Waals surface area contributed by atoms with Crippen LogP contribution < -0.4 is 5.56 Å². The fourth-order valence-electron chi connectivity index (χ4n) is 1.41. The molecular weight excluding hydrogens is 212 g/mol. The Hall–Kier alpha value is -2.34. The van der Waals surface area contributed by atoms with Crippen molar-refractivity contribution >= 4 is 0 Å². The minimum atomic E-state index is 0.00661. The lowest BCUT2D eigenvalue weighted by molar-refractivity contribution is 0.689. The lowest BCUT2D eigenvalue weighted by Crippen LogP contribution is -2.17. The number of hydrogen-bond donors (Lipinski definition) is 0. The second-order valence-corrected chi connectivity index (χ2v) is 3.50. The molecule has 2 rings (SSSR count). The summed E-state index contributed by atoms with van der Waals surface area (Å²) in [6.07, 6.45) is 4.12. The first-order chi connectivity index (χ1) is 8.36. The molecule has 3 heteroatoms. The quantitative estimate of drug-likeness (QED) is 0.727. The SMILES string of the molecule is O=c1ccccn1CCC#Cc1ccccn1. The second-order valence-electron chi connectivity index (χ2n) is 3.50. The molecule has 2 aromatic heterocycles. The highest BCUT2D eigenvalue weighted by Crippen LogP contribution is 1.91. The minimum absolute atomic E-state index is 0.00661. The molecule has 0 saturated carbocycles. The van der Waals surface area contributed by atoms with E-state index >= 15 is 0 Å². The zero-order chi connectivity index (χ0) is 11.9. The maximum atomic E-state index is 11.4. The van der Waals surface area contributed by atoms with Gasteiger partial charge in [0.15, 0.2) is 0 Å². The molecule has 3 nitrogen and oxygen atoms in total. The van der Waals surface area contributed by atoms with Crippen LogP contribution in [0.5, 0.6) is 0 Å². The monoisotopic (exact) mass is 224 g/mol. The fourth-order valence-corrected chi connectivity index (χ4v) is 1.41. The molecule has 0 amide bonds. The van der Waals surface area contributed by atoms with Crippen LogP contribution in [0.2, 0.25) is 0 Å². The predicted octanol–water partition coefficient (Wildman–Crippen LogP) is 1.69. The van der Waals surface area contributed by atoms with Gasteiger partial charge in [0.2, 0.25) is 0 Å². The zero-order valence-corrected chi connectivity index (χ0v) is 9.34. The highest BCUT2D eigenvalue weighted by atomic mass is 16.1. The van der Waals surface area contributed by atoms with Gasteiger partial charge < -0.3 is 4.57 Å². The van der Waals surface area contributed by atoms with E-state index in [1.807, 2.05) is 24.3 Å². The van der Waals surface area contributed by atoms with Crippen molar-refractivity contribution in [2.24, 2.45) is 0 Å². The van der Waals surface area contributed by atoms with Crippen LogP contribution in [0.3, 0.4) is 0 Å². The average Bonchev–Trinajstić information content (AvgIpc) is 2.38. The van der Waals surface area contributed by atoms with Crippen molar-refractivity contribution in [1.29, 1.82) is 0 Å². The fraction of sp³-hybridized carbons (Fsp3) is 0.143. The molecule has 0 aliphatic heterocycles. The van der Waals surface area contributed by atoms with Crippen molar-refractivity contribution in [3.05, 3.63) is 64.8 Å². The van der Waals surface area contributed by atoms with E-state index < -0.39 is 0 Å². The van der Waals surface area contributed by atoms with Crippen LogP contribution in [0.25, 0.3) is 0 Å². The first-order valence-electron chi connectivity index (χ1n) is 5.41. The minimum Gasteiger partial charge on any atom is -0.315 e. The van der Waals surface area contributed by atoms with Gasteiger partial charge in [-0.1, -0.05) is 18.1 Å². The van der Waals surface area contributed by atoms with Crippen LogP contribution in [-0.2, 0) is 6.54 Å². The summed E-state index contributed by atoms with van der Waals surface area (Å²) in [5.74, 6) is 5.96. The average molecular weight is 224 g/mol. The van der Waals surface area contributed by atoms with Crippen LogP contribution in [-0.4, -0.2) is 9.55 Å². The van der Waals surface area contributed by atoms with Gasteiger partial charge in [0.05, 0.1) is 0 Å². The summed E-state index contributed by atoms with van der Waals surface area (Å²) in [4.78, 5) is 15.5. The molecule has 2 aromatic rings. The van der Waals surface area contributed by atoms with Crippen molar-refractivity contribution < 1.29 is 0 Å². The molecule has 0 saturated heterocycles. The van der Waals surface area contributed by atoms with E-state index in [-0.39, 0.29) is 5.56 Å². The van der Waals surface area contributed by atoms with Crippen LogP contribution in [0.4, 0.5) is 0 Å². The third-order valence-electron chi connectivity index (χ3n) is 2.26. The molecule has 0 N–H and O–H groups in total. The molecule has 0 spiro atoms. The molecule has 17 heavy (non-hydrogen) atoms. The third kappa shape index (κ3) is 3.32. The molecule has 0 aromatic carbocycles. The van der Waals surface area contributed by atoms with Gasteiger partial charge in [-0.25, -0.2) is 4.98 Å². The van der Waals surface area contributed by atoms with E-state index in [1.54, 1.807) is 29.1 Å². The summed E-state index contributed by atoms with van der Waals surface area (Å²) in [5, 5.41) is 0. The van der Waals surface area contributed by atoms with E-state index in [4.69, 9.17) is 0 Å². The molecule has 2 heterocycles. The number of pyridine rings is 2. The summed E-state index contributed by atoms with van der Waals surface area (Å²) in [6.45, 7) is 0.611. The Morgan fingerprint density at radius 1 is 1.18 bits per heavy atom. The molecular formula is C14H12N2O. The van der Waals surface area contributed by atoms with Gasteiger partial charge in [-0.3, -0.25) is 4.79 Å². The predicted molar refractivity (Wildman–Crippen MR) is 66.4 cm³/mol. The van der Waals surface area contributed by atoms with Crippen molar-refractivity contribution in [2.75, 3.05) is 0 Å². The lowest BCUT2D eigenvalue weighted by atomic mass is 10.3. The summed E-state index contributed by atoms with van der Waals surface area (Å²) in [7, 11) is 0. The van der Waals surface area contributed by atoms with Gasteiger partial charge in [-0.05, 0) is 24.1 Å². The first kappa shape index (κ1) is 11.2. The van der Waals surface area contributed by atoms with E-state index in [9.17, 15) is 4.79 Å². The van der Waals surface area contributed by atoms with Gasteiger partial charge in [0.25, 0.3) is 5.56 Å². The number of aromatic nitrogens is 2. The molecule has 0 aliphatic carbocycles. The van der Waals surface area contributed by atoms with Crippen LogP contribution in [0.15, 0.2) is 53.6 Å². The molecule has 0 bridgehead atoms. The Labute approximate surface area is 99.8 Å². The number of rotatable bonds is 2. The Morgan fingerprint density at radius 3 is 2.82 bits per heavy atom. The highest BCUT2D eigenvalue weighted by molar-refractivity contribution is 5.26. The molecule has 0 radical (unpaired) electrons. The van der Waals surface area contributed by atoms with Crippen LogP contribution in [0, 0.1) is 11.8 Å². The normalized spacial score (nSPS) is 9.41. The summed E-state index contributed by atoms with van der Waals surface area (Å²) < 4.78 is 1.65. The Balaban J connectivity index is 1.95. The molecule has 84 valence electrons. The molecule has 0 atom stereocenters. The van der Waals surface area contributed by atoms with Crippen molar-refractivity contribution in [3.8, 4) is 11.8 Å². The van der Waals surface area contributed by atoms with Crippen LogP contribution in [0.1, 0.15) is 12.1 Å². The summed E-state index contributed by atoms with van der Waals surface area (Å²) in [6, 6.07) is 10.7. The maximum Gasteiger partial charge on any atom is 0.250 e. The van der Waals surface area contributed by atoms with Gasteiger partial charge in [-0.2, -0.15) is 0 Å². The third-order valence-corrected chi connectivity index (χ3v) is 2.26. The number of hydrogen-bond acceptors (Lipinski definition) is 2. The summed E-state index contributed by atoms with van der Waals surface area (Å²) in [5.41, 5.74) is 0.764. The molecule has 0 fully saturated rings. The topological polar surface area (TPSA) is 34.9 Å². The Kier molecular flexibility index (Phi) is 3.72. The Morgan fingerprint density at radius 2 is 2.06 bits per heavy atom. The van der Waals surface area contributed by atoms with Gasteiger partial charge in [0, 0.05) is 31.4 Å². The van der Waals surface area contributed by atoms with Crippen molar-refractivity contribution in [2.45, 2.75) is 13.0 Å². The first-order valence-corrected chi connectivity index (χ1v) is 5.41. The van der Waals surface area contributed by atoms with Gasteiger partial charge in [-0.15, -0.1) is 0 Å². The van der Waals surface area contributed by atoms with E-state index in [1.165, 1.54) is 0 Å². The van der Waals surface area contributed by atoms with E-state index in [0.29, 0.717) is 13.0 Å². The highest BCUT2D eigenvalue weighted by Gasteiger charge is 1.90. The lowest BCUT2D eigenvalue weighted by Gasteiger charge is -1.99. The van der Waals surface area contributed by atoms with Gasteiger partial charge >= 0.3 is 0 Å². The molecule has 0 unspecified atom stereocenters. The Bertz CT molecular complexity index is 591. The zero-order valence-electron chi connectivity index (χ0n) is 9.34.